The summed E-state index contributed by atoms with van der Waals surface area (Å²) in [5, 5.41) is 11.4. The van der Waals surface area contributed by atoms with E-state index in [0.29, 0.717) is 23.3 Å². The lowest BCUT2D eigenvalue weighted by atomic mass is 10.0. The normalized spacial score (nSPS) is 11.3. The number of amides is 1. The number of hydrogen-bond donors (Lipinski definition) is 1. The molecule has 1 unspecified atom stereocenters. The van der Waals surface area contributed by atoms with Crippen LogP contribution >= 0.6 is 11.8 Å². The van der Waals surface area contributed by atoms with Gasteiger partial charge in [0, 0.05) is 10.6 Å². The van der Waals surface area contributed by atoms with Gasteiger partial charge in [-0.1, -0.05) is 38.1 Å². The van der Waals surface area contributed by atoms with Crippen LogP contribution in [0.5, 0.6) is 0 Å². The third-order valence-electron chi connectivity index (χ3n) is 4.45. The van der Waals surface area contributed by atoms with Crippen molar-refractivity contribution in [2.24, 2.45) is 5.92 Å². The largest absolute Gasteiger partial charge is 0.467 e. The zero-order valence-electron chi connectivity index (χ0n) is 18.3. The minimum absolute atomic E-state index is 0.168. The van der Waals surface area contributed by atoms with Crippen molar-refractivity contribution in [3.8, 4) is 6.07 Å². The van der Waals surface area contributed by atoms with Gasteiger partial charge in [-0.2, -0.15) is 5.26 Å². The number of hydrogen-bond acceptors (Lipinski definition) is 7. The molecule has 0 fully saturated rings. The highest BCUT2D eigenvalue weighted by Gasteiger charge is 2.23. The highest BCUT2D eigenvalue weighted by atomic mass is 32.2. The maximum absolute atomic E-state index is 12.6. The summed E-state index contributed by atoms with van der Waals surface area (Å²) in [5.74, 6) is -0.962. The Hall–Kier alpha value is -3.31. The van der Waals surface area contributed by atoms with Gasteiger partial charge >= 0.3 is 11.9 Å². The zero-order chi connectivity index (χ0) is 23.5. The van der Waals surface area contributed by atoms with Gasteiger partial charge in [0.05, 0.1) is 24.3 Å². The molecule has 0 spiro atoms. The number of ether oxygens (including phenoxy) is 2. The highest BCUT2D eigenvalue weighted by molar-refractivity contribution is 7.98. The number of rotatable bonds is 10. The van der Waals surface area contributed by atoms with E-state index in [1.807, 2.05) is 32.0 Å². The summed E-state index contributed by atoms with van der Waals surface area (Å²) in [6, 6.07) is 15.5. The molecule has 2 aromatic rings. The van der Waals surface area contributed by atoms with E-state index in [9.17, 15) is 14.4 Å². The molecule has 2 rings (SSSR count). The molecule has 0 aliphatic heterocycles. The van der Waals surface area contributed by atoms with Gasteiger partial charge < -0.3 is 14.8 Å². The van der Waals surface area contributed by atoms with Gasteiger partial charge in [0.25, 0.3) is 5.91 Å². The van der Waals surface area contributed by atoms with E-state index in [2.05, 4.69) is 11.4 Å². The summed E-state index contributed by atoms with van der Waals surface area (Å²) in [4.78, 5) is 37.4. The fraction of sp³-hybridized carbons (Fsp3) is 0.333. The third kappa shape index (κ3) is 7.75. The van der Waals surface area contributed by atoms with Crippen molar-refractivity contribution in [3.05, 3.63) is 65.2 Å². The number of thioether (sulfide) groups is 1. The first-order valence-electron chi connectivity index (χ1n) is 10.1. The minimum atomic E-state index is -0.790. The van der Waals surface area contributed by atoms with Gasteiger partial charge in [0.15, 0.2) is 6.61 Å². The SMILES string of the molecule is COC(=O)C(CC(C)C)NC(=O)COC(=O)c1ccccc1SCc1ccc(C#N)cc1. The third-order valence-corrected chi connectivity index (χ3v) is 5.59. The van der Waals surface area contributed by atoms with Gasteiger partial charge in [-0.3, -0.25) is 4.79 Å². The Kier molecular flexibility index (Phi) is 9.76. The molecule has 0 aliphatic rings. The van der Waals surface area contributed by atoms with Crippen LogP contribution in [0.4, 0.5) is 0 Å². The maximum Gasteiger partial charge on any atom is 0.339 e. The molecular weight excluding hydrogens is 428 g/mol. The molecule has 1 N–H and O–H groups in total. The zero-order valence-corrected chi connectivity index (χ0v) is 19.1. The molecule has 0 aliphatic carbocycles. The van der Waals surface area contributed by atoms with Crippen molar-refractivity contribution in [1.82, 2.24) is 5.32 Å². The van der Waals surface area contributed by atoms with Crippen molar-refractivity contribution in [1.29, 1.82) is 5.26 Å². The van der Waals surface area contributed by atoms with Crippen LogP contribution in [0.15, 0.2) is 53.4 Å². The molecule has 0 aromatic heterocycles. The van der Waals surface area contributed by atoms with E-state index in [1.165, 1.54) is 18.9 Å². The maximum atomic E-state index is 12.6. The number of nitriles is 1. The monoisotopic (exact) mass is 454 g/mol. The Bertz CT molecular complexity index is 983. The van der Waals surface area contributed by atoms with Gasteiger partial charge in [-0.25, -0.2) is 9.59 Å². The summed E-state index contributed by atoms with van der Waals surface area (Å²) in [7, 11) is 1.26. The second-order valence-corrected chi connectivity index (χ2v) is 8.46. The van der Waals surface area contributed by atoms with E-state index in [1.54, 1.807) is 30.3 Å². The van der Waals surface area contributed by atoms with Gasteiger partial charge in [-0.15, -0.1) is 11.8 Å². The van der Waals surface area contributed by atoms with Crippen LogP contribution in [0.3, 0.4) is 0 Å². The summed E-state index contributed by atoms with van der Waals surface area (Å²) >= 11 is 1.46. The first kappa shape index (κ1) is 25.0. The quantitative estimate of drug-likeness (QED) is 0.431. The van der Waals surface area contributed by atoms with Crippen molar-refractivity contribution in [2.45, 2.75) is 37.0 Å². The number of esters is 2. The molecule has 1 atom stereocenters. The highest BCUT2D eigenvalue weighted by Crippen LogP contribution is 2.27. The molecule has 2 aromatic carbocycles. The number of methoxy groups -OCH3 is 1. The molecule has 32 heavy (non-hydrogen) atoms. The fourth-order valence-electron chi connectivity index (χ4n) is 2.87. The Morgan fingerprint density at radius 1 is 1.09 bits per heavy atom. The van der Waals surface area contributed by atoms with E-state index < -0.39 is 30.5 Å². The van der Waals surface area contributed by atoms with Crippen molar-refractivity contribution >= 4 is 29.6 Å². The predicted octanol–water partition coefficient (Wildman–Crippen LogP) is 3.71. The first-order valence-corrected chi connectivity index (χ1v) is 11.1. The van der Waals surface area contributed by atoms with Crippen LogP contribution < -0.4 is 5.32 Å². The Balaban J connectivity index is 1.95. The predicted molar refractivity (Wildman–Crippen MR) is 121 cm³/mol. The molecule has 0 saturated carbocycles. The Morgan fingerprint density at radius 3 is 2.41 bits per heavy atom. The van der Waals surface area contributed by atoms with Crippen LogP contribution in [-0.2, 0) is 24.8 Å². The van der Waals surface area contributed by atoms with Gasteiger partial charge in [-0.05, 0) is 42.2 Å². The molecule has 0 radical (unpaired) electrons. The smallest absolute Gasteiger partial charge is 0.339 e. The Labute approximate surface area is 192 Å². The second-order valence-electron chi connectivity index (χ2n) is 7.44. The summed E-state index contributed by atoms with van der Waals surface area (Å²) < 4.78 is 9.90. The van der Waals surface area contributed by atoms with Crippen LogP contribution in [0.1, 0.15) is 41.8 Å². The average molecular weight is 455 g/mol. The van der Waals surface area contributed by atoms with Crippen LogP contribution in [-0.4, -0.2) is 37.6 Å². The van der Waals surface area contributed by atoms with Crippen molar-refractivity contribution < 1.29 is 23.9 Å². The van der Waals surface area contributed by atoms with E-state index in [-0.39, 0.29) is 5.92 Å². The van der Waals surface area contributed by atoms with E-state index in [4.69, 9.17) is 14.7 Å². The molecule has 0 saturated heterocycles. The van der Waals surface area contributed by atoms with Gasteiger partial charge in [0.1, 0.15) is 6.04 Å². The standard InChI is InChI=1S/C24H26N2O5S/c1-16(2)12-20(24(29)30-3)26-22(27)14-31-23(28)19-6-4-5-7-21(19)32-15-18-10-8-17(13-25)9-11-18/h4-11,16,20H,12,14-15H2,1-3H3,(H,26,27). The number of carbonyl (C=O) groups is 3. The van der Waals surface area contributed by atoms with Gasteiger partial charge in [0.2, 0.25) is 0 Å². The Morgan fingerprint density at radius 2 is 1.78 bits per heavy atom. The van der Waals surface area contributed by atoms with Crippen molar-refractivity contribution in [2.75, 3.05) is 13.7 Å². The number of carbonyl (C=O) groups excluding carboxylic acids is 3. The molecule has 0 bridgehead atoms. The summed E-state index contributed by atoms with van der Waals surface area (Å²) in [6.45, 7) is 3.35. The second kappa shape index (κ2) is 12.5. The minimum Gasteiger partial charge on any atom is -0.467 e. The number of nitrogens with one attached hydrogen (secondary N) is 1. The van der Waals surface area contributed by atoms with Crippen LogP contribution in [0, 0.1) is 17.2 Å². The molecule has 168 valence electrons. The van der Waals surface area contributed by atoms with Crippen LogP contribution in [0.2, 0.25) is 0 Å². The number of benzene rings is 2. The lowest BCUT2D eigenvalue weighted by molar-refractivity contribution is -0.145. The number of nitrogens with zero attached hydrogens (tertiary/aromatic N) is 1. The fourth-order valence-corrected chi connectivity index (χ4v) is 3.87. The lowest BCUT2D eigenvalue weighted by Crippen LogP contribution is -2.44. The first-order chi connectivity index (χ1) is 15.3. The lowest BCUT2D eigenvalue weighted by Gasteiger charge is -2.18. The summed E-state index contributed by atoms with van der Waals surface area (Å²) in [6.07, 6.45) is 0.418. The molecule has 1 amide bonds. The summed E-state index contributed by atoms with van der Waals surface area (Å²) in [5.41, 5.74) is 1.95. The average Bonchev–Trinajstić information content (AvgIpc) is 2.80. The van der Waals surface area contributed by atoms with Crippen molar-refractivity contribution in [3.63, 3.8) is 0 Å². The van der Waals surface area contributed by atoms with E-state index in [0.717, 1.165) is 10.5 Å². The molecule has 8 heteroatoms. The topological polar surface area (TPSA) is 105 Å². The molecular formula is C24H26N2O5S. The molecule has 0 heterocycles. The molecule has 7 nitrogen and oxygen atoms in total. The van der Waals surface area contributed by atoms with Crippen LogP contribution in [0.25, 0.3) is 0 Å². The van der Waals surface area contributed by atoms with E-state index >= 15 is 0 Å².